The summed E-state index contributed by atoms with van der Waals surface area (Å²) >= 11 is 1.29. The molecule has 1 saturated heterocycles. The molecule has 0 bridgehead atoms. The molecule has 3 aromatic rings. The Morgan fingerprint density at radius 2 is 1.84 bits per heavy atom. The van der Waals surface area contributed by atoms with Crippen molar-refractivity contribution in [3.63, 3.8) is 0 Å². The summed E-state index contributed by atoms with van der Waals surface area (Å²) in [6, 6.07) is 21.0. The van der Waals surface area contributed by atoms with E-state index in [1.54, 1.807) is 36.6 Å². The summed E-state index contributed by atoms with van der Waals surface area (Å²) in [5, 5.41) is 8.99. The lowest BCUT2D eigenvalue weighted by molar-refractivity contribution is -0.122. The van der Waals surface area contributed by atoms with Crippen LogP contribution in [0.1, 0.15) is 16.9 Å². The molecule has 0 saturated carbocycles. The summed E-state index contributed by atoms with van der Waals surface area (Å²) in [6.45, 7) is 0.287. The molecular weight excluding hydrogens is 422 g/mol. The Bertz CT molecular complexity index is 1160. The molecule has 160 valence electrons. The fourth-order valence-corrected chi connectivity index (χ4v) is 3.83. The third kappa shape index (κ3) is 5.44. The molecule has 0 aliphatic carbocycles. The smallest absolute Gasteiger partial charge is 0.267 e. The van der Waals surface area contributed by atoms with Crippen molar-refractivity contribution < 1.29 is 13.9 Å². The number of carbonyl (C=O) groups is 1. The van der Waals surface area contributed by atoms with E-state index in [0.717, 1.165) is 16.9 Å². The predicted octanol–water partition coefficient (Wildman–Crippen LogP) is 5.35. The molecule has 0 radical (unpaired) electrons. The monoisotopic (exact) mass is 443 g/mol. The number of hydrogen-bond acceptors (Lipinski definition) is 6. The molecule has 0 unspecified atom stereocenters. The van der Waals surface area contributed by atoms with Gasteiger partial charge in [0.25, 0.3) is 5.91 Å². The van der Waals surface area contributed by atoms with E-state index in [2.05, 4.69) is 10.2 Å². The van der Waals surface area contributed by atoms with Crippen molar-refractivity contribution in [2.75, 3.05) is 7.11 Å². The first-order valence-corrected chi connectivity index (χ1v) is 10.7. The molecule has 32 heavy (non-hydrogen) atoms. The number of methoxy groups -OCH3 is 1. The Kier molecular flexibility index (Phi) is 6.99. The van der Waals surface area contributed by atoms with Gasteiger partial charge < -0.3 is 9.15 Å². The van der Waals surface area contributed by atoms with Crippen LogP contribution >= 0.6 is 11.8 Å². The minimum atomic E-state index is -0.137. The Labute approximate surface area is 190 Å². The van der Waals surface area contributed by atoms with Crippen molar-refractivity contribution in [2.45, 2.75) is 6.54 Å². The fraction of sp³-hybridized carbons (Fsp3) is 0.0800. The molecular formula is C25H21N3O3S. The zero-order valence-corrected chi connectivity index (χ0v) is 18.2. The second-order valence-electron chi connectivity index (χ2n) is 6.77. The van der Waals surface area contributed by atoms with E-state index >= 15 is 0 Å². The van der Waals surface area contributed by atoms with Crippen LogP contribution in [0.2, 0.25) is 0 Å². The molecule has 1 amide bonds. The van der Waals surface area contributed by atoms with E-state index in [0.29, 0.717) is 15.8 Å². The number of amides is 1. The van der Waals surface area contributed by atoms with Gasteiger partial charge in [-0.15, -0.1) is 5.10 Å². The number of hydrogen-bond donors (Lipinski definition) is 0. The second kappa shape index (κ2) is 10.5. The average Bonchev–Trinajstić information content (AvgIpc) is 3.44. The van der Waals surface area contributed by atoms with Crippen molar-refractivity contribution in [1.29, 1.82) is 0 Å². The first kappa shape index (κ1) is 21.4. The Morgan fingerprint density at radius 3 is 2.56 bits per heavy atom. The highest BCUT2D eigenvalue weighted by Gasteiger charge is 2.33. The number of carbonyl (C=O) groups excluding carboxylic acids is 1. The summed E-state index contributed by atoms with van der Waals surface area (Å²) in [4.78, 5) is 15.1. The quantitative estimate of drug-likeness (QED) is 0.280. The first-order valence-electron chi connectivity index (χ1n) is 9.93. The number of benzene rings is 2. The molecule has 0 N–H and O–H groups in total. The normalized spacial score (nSPS) is 16.8. The number of allylic oxidation sites excluding steroid dienone is 2. The predicted molar refractivity (Wildman–Crippen MR) is 128 cm³/mol. The minimum Gasteiger partial charge on any atom is -0.497 e. The summed E-state index contributed by atoms with van der Waals surface area (Å²) in [5.41, 5.74) is 1.94. The van der Waals surface area contributed by atoms with Gasteiger partial charge in [-0.2, -0.15) is 5.10 Å². The van der Waals surface area contributed by atoms with Gasteiger partial charge in [0.2, 0.25) is 0 Å². The molecule has 2 heterocycles. The van der Waals surface area contributed by atoms with Crippen molar-refractivity contribution in [3.05, 3.63) is 107 Å². The highest BCUT2D eigenvalue weighted by molar-refractivity contribution is 8.18. The van der Waals surface area contributed by atoms with Crippen LogP contribution in [0.15, 0.2) is 105 Å². The molecule has 1 fully saturated rings. The van der Waals surface area contributed by atoms with Gasteiger partial charge in [0, 0.05) is 0 Å². The molecule has 1 aliphatic heterocycles. The molecule has 2 aromatic carbocycles. The number of furan rings is 1. The minimum absolute atomic E-state index is 0.137. The van der Waals surface area contributed by atoms with Crippen LogP contribution in [0.4, 0.5) is 0 Å². The third-order valence-electron chi connectivity index (χ3n) is 4.58. The summed E-state index contributed by atoms with van der Waals surface area (Å²) < 4.78 is 10.6. The van der Waals surface area contributed by atoms with Gasteiger partial charge in [-0.25, -0.2) is 0 Å². The lowest BCUT2D eigenvalue weighted by atomic mass is 10.2. The fourth-order valence-electron chi connectivity index (χ4n) is 2.94. The Morgan fingerprint density at radius 1 is 1.03 bits per heavy atom. The van der Waals surface area contributed by atoms with E-state index in [1.807, 2.05) is 72.8 Å². The zero-order valence-electron chi connectivity index (χ0n) is 17.4. The van der Waals surface area contributed by atoms with Gasteiger partial charge in [-0.3, -0.25) is 9.69 Å². The molecule has 0 spiro atoms. The van der Waals surface area contributed by atoms with Crippen molar-refractivity contribution in [1.82, 2.24) is 4.90 Å². The number of thioether (sulfide) groups is 1. The van der Waals surface area contributed by atoms with Crippen LogP contribution < -0.4 is 4.74 Å². The van der Waals surface area contributed by atoms with Gasteiger partial charge in [0.1, 0.15) is 11.5 Å². The standard InChI is InChI=1S/C25H21N3O3S/c1-30-21-14-12-20(13-15-21)17-26-27-25-28(18-22-10-6-16-31-22)24(29)23(32-25)11-5-9-19-7-3-2-4-8-19/h2-17H,18H2,1H3/b9-5+,23-11-,26-17+,27-25-. The number of ether oxygens (including phenoxy) is 1. The van der Waals surface area contributed by atoms with Gasteiger partial charge in [0.05, 0.1) is 31.0 Å². The Hall–Kier alpha value is -3.84. The van der Waals surface area contributed by atoms with Gasteiger partial charge in [0.15, 0.2) is 5.17 Å². The summed E-state index contributed by atoms with van der Waals surface area (Å²) in [6.07, 6.45) is 8.84. The van der Waals surface area contributed by atoms with Crippen molar-refractivity contribution in [3.8, 4) is 5.75 Å². The first-order chi connectivity index (χ1) is 15.7. The zero-order chi connectivity index (χ0) is 22.2. The topological polar surface area (TPSA) is 67.4 Å². The number of amidine groups is 1. The molecule has 7 heteroatoms. The molecule has 6 nitrogen and oxygen atoms in total. The number of nitrogens with zero attached hydrogens (tertiary/aromatic N) is 3. The van der Waals surface area contributed by atoms with E-state index in [-0.39, 0.29) is 12.5 Å². The molecule has 1 aliphatic rings. The van der Waals surface area contributed by atoms with Gasteiger partial charge >= 0.3 is 0 Å². The van der Waals surface area contributed by atoms with Crippen LogP contribution in [0.25, 0.3) is 6.08 Å². The second-order valence-corrected chi connectivity index (χ2v) is 7.78. The van der Waals surface area contributed by atoms with Crippen LogP contribution in [0.3, 0.4) is 0 Å². The van der Waals surface area contributed by atoms with Crippen LogP contribution in [0.5, 0.6) is 5.75 Å². The molecule has 4 rings (SSSR count). The third-order valence-corrected chi connectivity index (χ3v) is 5.60. The van der Waals surface area contributed by atoms with Gasteiger partial charge in [-0.1, -0.05) is 42.5 Å². The lowest BCUT2D eigenvalue weighted by Crippen LogP contribution is -2.28. The molecule has 1 aromatic heterocycles. The van der Waals surface area contributed by atoms with Crippen LogP contribution in [-0.2, 0) is 11.3 Å². The maximum absolute atomic E-state index is 13.0. The average molecular weight is 444 g/mol. The summed E-state index contributed by atoms with van der Waals surface area (Å²) in [7, 11) is 1.62. The highest BCUT2D eigenvalue weighted by atomic mass is 32.2. The lowest BCUT2D eigenvalue weighted by Gasteiger charge is -2.12. The van der Waals surface area contributed by atoms with Crippen LogP contribution in [0, 0.1) is 0 Å². The Balaban J connectivity index is 1.54. The van der Waals surface area contributed by atoms with E-state index < -0.39 is 0 Å². The van der Waals surface area contributed by atoms with E-state index in [1.165, 1.54) is 11.8 Å². The van der Waals surface area contributed by atoms with Crippen molar-refractivity contribution >= 4 is 35.1 Å². The van der Waals surface area contributed by atoms with E-state index in [4.69, 9.17) is 9.15 Å². The maximum atomic E-state index is 13.0. The van der Waals surface area contributed by atoms with Crippen LogP contribution in [-0.4, -0.2) is 29.3 Å². The summed E-state index contributed by atoms with van der Waals surface area (Å²) in [5.74, 6) is 1.31. The SMILES string of the molecule is COc1ccc(/C=N/N=C2\S/C(=C\C=C\c3ccccc3)C(=O)N2Cc2ccco2)cc1. The van der Waals surface area contributed by atoms with Gasteiger partial charge in [-0.05, 0) is 65.4 Å². The highest BCUT2D eigenvalue weighted by Crippen LogP contribution is 2.32. The number of rotatable bonds is 7. The van der Waals surface area contributed by atoms with Crippen molar-refractivity contribution in [2.24, 2.45) is 10.2 Å². The maximum Gasteiger partial charge on any atom is 0.267 e. The molecule has 0 atom stereocenters. The largest absolute Gasteiger partial charge is 0.497 e. The van der Waals surface area contributed by atoms with E-state index in [9.17, 15) is 4.79 Å².